The first-order valence-corrected chi connectivity index (χ1v) is 11.1. The van der Waals surface area contributed by atoms with Gasteiger partial charge in [0.25, 0.3) is 5.91 Å². The van der Waals surface area contributed by atoms with E-state index in [1.165, 1.54) is 16.4 Å². The van der Waals surface area contributed by atoms with Gasteiger partial charge in [0, 0.05) is 4.90 Å². The van der Waals surface area contributed by atoms with Crippen molar-refractivity contribution in [3.63, 3.8) is 0 Å². The minimum atomic E-state index is -0.718. The molecule has 32 heavy (non-hydrogen) atoms. The van der Waals surface area contributed by atoms with Crippen LogP contribution in [-0.2, 0) is 16.1 Å². The summed E-state index contributed by atoms with van der Waals surface area (Å²) in [6, 6.07) is 17.1. The fourth-order valence-corrected chi connectivity index (χ4v) is 3.93. The second-order valence-corrected chi connectivity index (χ2v) is 8.34. The van der Waals surface area contributed by atoms with Gasteiger partial charge in [-0.05, 0) is 31.5 Å². The van der Waals surface area contributed by atoms with Crippen molar-refractivity contribution in [3.8, 4) is 6.07 Å². The van der Waals surface area contributed by atoms with Gasteiger partial charge in [-0.3, -0.25) is 4.79 Å². The Morgan fingerprint density at radius 2 is 1.91 bits per heavy atom. The van der Waals surface area contributed by atoms with Crippen molar-refractivity contribution in [1.82, 2.24) is 9.78 Å². The highest BCUT2D eigenvalue weighted by molar-refractivity contribution is 7.99. The Hall–Kier alpha value is -3.28. The Bertz CT molecular complexity index is 1170. The van der Waals surface area contributed by atoms with E-state index in [-0.39, 0.29) is 16.5 Å². The summed E-state index contributed by atoms with van der Waals surface area (Å²) in [4.78, 5) is 25.6. The smallest absolute Gasteiger partial charge is 0.343 e. The molecule has 0 saturated carbocycles. The van der Waals surface area contributed by atoms with Crippen LogP contribution in [0.2, 0.25) is 5.15 Å². The summed E-state index contributed by atoms with van der Waals surface area (Å²) in [7, 11) is 0. The Morgan fingerprint density at radius 3 is 2.62 bits per heavy atom. The van der Waals surface area contributed by atoms with Gasteiger partial charge in [-0.25, -0.2) is 9.48 Å². The molecule has 0 fully saturated rings. The number of nitrogens with one attached hydrogen (secondary N) is 1. The minimum absolute atomic E-state index is 0.136. The predicted molar refractivity (Wildman–Crippen MR) is 124 cm³/mol. The van der Waals surface area contributed by atoms with Gasteiger partial charge in [0.05, 0.1) is 29.7 Å². The summed E-state index contributed by atoms with van der Waals surface area (Å²) in [5, 5.41) is 16.0. The second kappa shape index (κ2) is 10.8. The van der Waals surface area contributed by atoms with Crippen LogP contribution in [-0.4, -0.2) is 34.0 Å². The summed E-state index contributed by atoms with van der Waals surface area (Å²) in [5.41, 5.74) is 3.24. The summed E-state index contributed by atoms with van der Waals surface area (Å²) >= 11 is 7.70. The largest absolute Gasteiger partial charge is 0.452 e. The zero-order valence-corrected chi connectivity index (χ0v) is 19.2. The molecule has 1 N–H and O–H groups in total. The molecule has 0 atom stereocenters. The molecule has 0 aliphatic rings. The lowest BCUT2D eigenvalue weighted by Gasteiger charge is -2.10. The van der Waals surface area contributed by atoms with E-state index in [0.717, 1.165) is 16.0 Å². The number of ether oxygens (including phenoxy) is 1. The van der Waals surface area contributed by atoms with Crippen molar-refractivity contribution >= 4 is 40.9 Å². The van der Waals surface area contributed by atoms with E-state index < -0.39 is 18.5 Å². The highest BCUT2D eigenvalue weighted by Crippen LogP contribution is 2.26. The average molecular weight is 469 g/mol. The van der Waals surface area contributed by atoms with E-state index in [9.17, 15) is 9.59 Å². The van der Waals surface area contributed by atoms with Crippen molar-refractivity contribution in [2.45, 2.75) is 25.3 Å². The Balaban J connectivity index is 1.63. The van der Waals surface area contributed by atoms with Gasteiger partial charge in [-0.15, -0.1) is 11.8 Å². The third-order valence-corrected chi connectivity index (χ3v) is 5.83. The van der Waals surface area contributed by atoms with Crippen LogP contribution in [0.15, 0.2) is 53.4 Å². The molecule has 164 valence electrons. The van der Waals surface area contributed by atoms with Gasteiger partial charge < -0.3 is 10.1 Å². The van der Waals surface area contributed by atoms with Gasteiger partial charge >= 0.3 is 5.97 Å². The van der Waals surface area contributed by atoms with E-state index in [0.29, 0.717) is 17.9 Å². The Morgan fingerprint density at radius 1 is 1.19 bits per heavy atom. The van der Waals surface area contributed by atoms with Gasteiger partial charge in [0.1, 0.15) is 10.7 Å². The molecule has 1 amide bonds. The number of nitrogens with zero attached hydrogens (tertiary/aromatic N) is 3. The van der Waals surface area contributed by atoms with Crippen molar-refractivity contribution in [2.75, 3.05) is 17.7 Å². The quantitative estimate of drug-likeness (QED) is 0.383. The number of esters is 1. The van der Waals surface area contributed by atoms with Crippen LogP contribution in [0.5, 0.6) is 0 Å². The molecule has 0 radical (unpaired) electrons. The number of para-hydroxylation sites is 1. The maximum Gasteiger partial charge on any atom is 0.343 e. The number of nitriles is 1. The predicted octanol–water partition coefficient (Wildman–Crippen LogP) is 4.61. The molecule has 1 heterocycles. The van der Waals surface area contributed by atoms with E-state index in [2.05, 4.69) is 10.4 Å². The van der Waals surface area contributed by atoms with Crippen LogP contribution < -0.4 is 5.32 Å². The second-order valence-electron chi connectivity index (χ2n) is 6.96. The van der Waals surface area contributed by atoms with Crippen LogP contribution in [0.25, 0.3) is 0 Å². The number of thioether (sulfide) groups is 1. The minimum Gasteiger partial charge on any atom is -0.452 e. The molecule has 0 aliphatic carbocycles. The number of hydrogen-bond acceptors (Lipinski definition) is 6. The first-order valence-electron chi connectivity index (χ1n) is 9.73. The maximum absolute atomic E-state index is 12.6. The summed E-state index contributed by atoms with van der Waals surface area (Å²) < 4.78 is 6.70. The van der Waals surface area contributed by atoms with Crippen LogP contribution in [0.3, 0.4) is 0 Å². The molecule has 9 heteroatoms. The van der Waals surface area contributed by atoms with E-state index in [1.54, 1.807) is 25.1 Å². The molecule has 0 spiro atoms. The molecule has 3 rings (SSSR count). The van der Waals surface area contributed by atoms with Gasteiger partial charge in [0.15, 0.2) is 6.61 Å². The molecule has 0 saturated heterocycles. The third-order valence-electron chi connectivity index (χ3n) is 4.51. The van der Waals surface area contributed by atoms with Crippen molar-refractivity contribution in [1.29, 1.82) is 5.26 Å². The van der Waals surface area contributed by atoms with Crippen LogP contribution in [0.4, 0.5) is 5.69 Å². The van der Waals surface area contributed by atoms with Gasteiger partial charge in [-0.1, -0.05) is 53.6 Å². The lowest BCUT2D eigenvalue weighted by atomic mass is 10.1. The summed E-state index contributed by atoms with van der Waals surface area (Å²) in [5.74, 6) is -0.958. The molecular weight excluding hydrogens is 448 g/mol. The van der Waals surface area contributed by atoms with E-state index in [4.69, 9.17) is 21.6 Å². The van der Waals surface area contributed by atoms with Crippen molar-refractivity contribution in [2.24, 2.45) is 0 Å². The lowest BCUT2D eigenvalue weighted by Crippen LogP contribution is -2.21. The lowest BCUT2D eigenvalue weighted by molar-refractivity contribution is -0.119. The number of aryl methyl sites for hydroxylation is 2. The molecule has 3 aromatic rings. The normalized spacial score (nSPS) is 10.4. The highest BCUT2D eigenvalue weighted by atomic mass is 35.5. The zero-order chi connectivity index (χ0) is 23.1. The highest BCUT2D eigenvalue weighted by Gasteiger charge is 2.22. The van der Waals surface area contributed by atoms with Crippen LogP contribution in [0.1, 0.15) is 27.2 Å². The number of amides is 1. The first kappa shape index (κ1) is 23.4. The molecule has 0 aliphatic heterocycles. The maximum atomic E-state index is 12.6. The fraction of sp³-hybridized carbons (Fsp3) is 0.217. The molecule has 0 bridgehead atoms. The van der Waals surface area contributed by atoms with Gasteiger partial charge in [-0.2, -0.15) is 10.4 Å². The first-order chi connectivity index (χ1) is 15.4. The SMILES string of the molecule is Cc1ccc(Cn2nc(C)c(C(=O)OCC(=O)Nc3ccccc3SCC#N)c2Cl)cc1. The third kappa shape index (κ3) is 5.90. The molecular formula is C23H21ClN4O3S. The molecule has 1 aromatic heterocycles. The van der Waals surface area contributed by atoms with E-state index in [1.807, 2.05) is 43.3 Å². The number of rotatable bonds is 8. The average Bonchev–Trinajstić information content (AvgIpc) is 3.06. The van der Waals surface area contributed by atoms with Crippen molar-refractivity contribution < 1.29 is 14.3 Å². The standard InChI is InChI=1S/C23H21ClN4O3S/c1-15-7-9-17(10-8-15)13-28-22(24)21(16(2)27-28)23(30)31-14-20(29)26-18-5-3-4-6-19(18)32-12-11-25/h3-10H,12-14H2,1-2H3,(H,26,29). The zero-order valence-electron chi connectivity index (χ0n) is 17.6. The summed E-state index contributed by atoms with van der Waals surface area (Å²) in [6.07, 6.45) is 0. The number of carbonyl (C=O) groups excluding carboxylic acids is 2. The van der Waals surface area contributed by atoms with Crippen molar-refractivity contribution in [3.05, 3.63) is 76.1 Å². The monoisotopic (exact) mass is 468 g/mol. The fourth-order valence-electron chi connectivity index (χ4n) is 2.95. The number of aromatic nitrogens is 2. The number of anilines is 1. The van der Waals surface area contributed by atoms with Crippen LogP contribution in [0, 0.1) is 25.2 Å². The molecule has 0 unspecified atom stereocenters. The topological polar surface area (TPSA) is 97.0 Å². The number of carbonyl (C=O) groups is 2. The summed E-state index contributed by atoms with van der Waals surface area (Å²) in [6.45, 7) is 3.60. The van der Waals surface area contributed by atoms with Gasteiger partial charge in [0.2, 0.25) is 0 Å². The number of hydrogen-bond donors (Lipinski definition) is 1. The number of halogens is 1. The number of benzene rings is 2. The van der Waals surface area contributed by atoms with Crippen LogP contribution >= 0.6 is 23.4 Å². The Kier molecular flexibility index (Phi) is 7.92. The van der Waals surface area contributed by atoms with E-state index >= 15 is 0 Å². The Labute approximate surface area is 195 Å². The molecule has 2 aromatic carbocycles. The molecule has 7 nitrogen and oxygen atoms in total.